The van der Waals surface area contributed by atoms with Crippen LogP contribution in [0.5, 0.6) is 5.88 Å². The number of nitrogens with one attached hydrogen (secondary N) is 1. The quantitative estimate of drug-likeness (QED) is 0.929. The Bertz CT molecular complexity index is 644. The Balaban J connectivity index is 0.00000144. The van der Waals surface area contributed by atoms with Crippen molar-refractivity contribution >= 4 is 0 Å². The maximum Gasteiger partial charge on any atom is 0.232 e. The predicted molar refractivity (Wildman–Crippen MR) is 76.2 cm³/mol. The highest BCUT2D eigenvalue weighted by atomic mass is 19.1. The van der Waals surface area contributed by atoms with Gasteiger partial charge in [-0.1, -0.05) is 0 Å². The predicted octanol–water partition coefficient (Wildman–Crippen LogP) is 1.77. The molecule has 5 nitrogen and oxygen atoms in total. The number of ether oxygens (including phenoxy) is 1. The summed E-state index contributed by atoms with van der Waals surface area (Å²) in [5, 5.41) is 3.36. The molecule has 1 saturated heterocycles. The largest absolute Gasteiger partial charge is 0.476 e. The summed E-state index contributed by atoms with van der Waals surface area (Å²) in [6.07, 6.45) is 5.78. The highest BCUT2D eigenvalue weighted by molar-refractivity contribution is 5.57. The first-order valence-corrected chi connectivity index (χ1v) is 7.08. The van der Waals surface area contributed by atoms with E-state index < -0.39 is 5.82 Å². The highest BCUT2D eigenvalue weighted by Crippen LogP contribution is 2.48. The number of piperidine rings is 1. The van der Waals surface area contributed by atoms with Crippen LogP contribution < -0.4 is 10.1 Å². The van der Waals surface area contributed by atoms with Crippen LogP contribution >= 0.6 is 0 Å². The second-order valence-electron chi connectivity index (χ2n) is 5.56. The van der Waals surface area contributed by atoms with Gasteiger partial charge in [0.05, 0.1) is 30.9 Å². The van der Waals surface area contributed by atoms with Crippen molar-refractivity contribution < 1.29 is 10.6 Å². The SMILES string of the molecule is Fc1cnccc1-c1cnc(OCC2C3CNC[C@H]32)cn1.[HH]. The van der Waals surface area contributed by atoms with Gasteiger partial charge in [-0.25, -0.2) is 14.4 Å². The zero-order valence-corrected chi connectivity index (χ0v) is 11.4. The molecule has 2 fully saturated rings. The molecule has 2 aromatic heterocycles. The van der Waals surface area contributed by atoms with E-state index in [-0.39, 0.29) is 1.43 Å². The number of aromatic nitrogens is 3. The van der Waals surface area contributed by atoms with Crippen LogP contribution in [-0.2, 0) is 0 Å². The Morgan fingerprint density at radius 2 is 2.10 bits per heavy atom. The van der Waals surface area contributed by atoms with E-state index in [1.807, 2.05) is 0 Å². The van der Waals surface area contributed by atoms with E-state index in [0.717, 1.165) is 24.9 Å². The van der Waals surface area contributed by atoms with Crippen LogP contribution in [0.4, 0.5) is 4.39 Å². The van der Waals surface area contributed by atoms with Crippen molar-refractivity contribution in [2.45, 2.75) is 0 Å². The molecule has 1 aliphatic carbocycles. The molecule has 1 N–H and O–H groups in total. The smallest absolute Gasteiger partial charge is 0.232 e. The van der Waals surface area contributed by atoms with Crippen LogP contribution in [-0.4, -0.2) is 34.6 Å². The van der Waals surface area contributed by atoms with Crippen molar-refractivity contribution in [3.63, 3.8) is 0 Å². The maximum atomic E-state index is 13.6. The molecule has 1 aliphatic heterocycles. The van der Waals surface area contributed by atoms with Gasteiger partial charge in [-0.3, -0.25) is 4.98 Å². The Labute approximate surface area is 123 Å². The first-order valence-electron chi connectivity index (χ1n) is 7.08. The molecule has 2 aliphatic rings. The van der Waals surface area contributed by atoms with Gasteiger partial charge in [0.2, 0.25) is 5.88 Å². The van der Waals surface area contributed by atoms with Gasteiger partial charge in [0, 0.05) is 19.1 Å². The fourth-order valence-electron chi connectivity index (χ4n) is 3.09. The second kappa shape index (κ2) is 5.04. The van der Waals surface area contributed by atoms with Crippen LogP contribution in [0.2, 0.25) is 0 Å². The molecule has 2 unspecified atom stereocenters. The first-order chi connectivity index (χ1) is 10.3. The summed E-state index contributed by atoms with van der Waals surface area (Å²) < 4.78 is 19.3. The van der Waals surface area contributed by atoms with Crippen LogP contribution in [0.3, 0.4) is 0 Å². The van der Waals surface area contributed by atoms with E-state index in [2.05, 4.69) is 20.3 Å². The molecular weight excluding hydrogens is 271 g/mol. The standard InChI is InChI=1S/C15H15FN4O.H2/c16-13-5-17-2-1-9(13)14-6-20-15(7-19-14)21-8-12-10-3-18-4-11(10)12;/h1-2,5-7,10-12,18H,3-4,8H2;1H/t10-,11?,12?;/m1./s1. The van der Waals surface area contributed by atoms with Crippen molar-refractivity contribution in [3.05, 3.63) is 36.7 Å². The molecule has 0 radical (unpaired) electrons. The number of fused-ring (bicyclic) bond motifs is 1. The molecule has 2 aromatic rings. The van der Waals surface area contributed by atoms with Crippen molar-refractivity contribution in [3.8, 4) is 17.1 Å². The number of halogens is 1. The Hall–Kier alpha value is -2.08. The number of rotatable bonds is 4. The zero-order valence-electron chi connectivity index (χ0n) is 11.4. The van der Waals surface area contributed by atoms with Crippen molar-refractivity contribution in [2.24, 2.45) is 17.8 Å². The third-order valence-electron chi connectivity index (χ3n) is 4.37. The summed E-state index contributed by atoms with van der Waals surface area (Å²) >= 11 is 0. The molecule has 1 saturated carbocycles. The topological polar surface area (TPSA) is 59.9 Å². The van der Waals surface area contributed by atoms with Crippen molar-refractivity contribution in [1.29, 1.82) is 0 Å². The van der Waals surface area contributed by atoms with Gasteiger partial charge in [-0.2, -0.15) is 0 Å². The number of hydrogen-bond donors (Lipinski definition) is 1. The molecule has 110 valence electrons. The monoisotopic (exact) mass is 288 g/mol. The van der Waals surface area contributed by atoms with Gasteiger partial charge in [0.15, 0.2) is 5.82 Å². The van der Waals surface area contributed by atoms with E-state index in [1.165, 1.54) is 18.6 Å². The third-order valence-corrected chi connectivity index (χ3v) is 4.37. The molecular formula is C15H17FN4O. The van der Waals surface area contributed by atoms with E-state index in [1.54, 1.807) is 12.3 Å². The van der Waals surface area contributed by atoms with Gasteiger partial charge >= 0.3 is 0 Å². The van der Waals surface area contributed by atoms with Crippen LogP contribution in [0.15, 0.2) is 30.9 Å². The van der Waals surface area contributed by atoms with Gasteiger partial charge in [0.1, 0.15) is 0 Å². The molecule has 3 heterocycles. The number of nitrogens with zero attached hydrogens (tertiary/aromatic N) is 3. The summed E-state index contributed by atoms with van der Waals surface area (Å²) in [5.41, 5.74) is 0.876. The lowest BCUT2D eigenvalue weighted by Gasteiger charge is -2.07. The van der Waals surface area contributed by atoms with Crippen LogP contribution in [0.1, 0.15) is 1.43 Å². The number of hydrogen-bond acceptors (Lipinski definition) is 5. The van der Waals surface area contributed by atoms with E-state index in [4.69, 9.17) is 4.74 Å². The molecule has 3 atom stereocenters. The van der Waals surface area contributed by atoms with Crippen molar-refractivity contribution in [1.82, 2.24) is 20.3 Å². The molecule has 0 bridgehead atoms. The lowest BCUT2D eigenvalue weighted by Crippen LogP contribution is -2.17. The molecule has 6 heteroatoms. The second-order valence-corrected chi connectivity index (χ2v) is 5.56. The summed E-state index contributed by atoms with van der Waals surface area (Å²) in [6, 6.07) is 1.58. The molecule has 21 heavy (non-hydrogen) atoms. The van der Waals surface area contributed by atoms with Crippen LogP contribution in [0, 0.1) is 23.6 Å². The van der Waals surface area contributed by atoms with E-state index in [0.29, 0.717) is 29.7 Å². The Morgan fingerprint density at radius 1 is 1.24 bits per heavy atom. The highest BCUT2D eigenvalue weighted by Gasteiger charge is 2.53. The summed E-state index contributed by atoms with van der Waals surface area (Å²) in [5.74, 6) is 2.27. The fraction of sp³-hybridized carbons (Fsp3) is 0.400. The molecule has 4 rings (SSSR count). The third kappa shape index (κ3) is 2.35. The Morgan fingerprint density at radius 3 is 2.81 bits per heavy atom. The van der Waals surface area contributed by atoms with Gasteiger partial charge in [-0.05, 0) is 31.0 Å². The Kier molecular flexibility index (Phi) is 3.03. The average Bonchev–Trinajstić information content (AvgIpc) is 2.94. The van der Waals surface area contributed by atoms with Crippen molar-refractivity contribution in [2.75, 3.05) is 19.7 Å². The van der Waals surface area contributed by atoms with E-state index >= 15 is 0 Å². The van der Waals surface area contributed by atoms with Gasteiger partial charge in [0.25, 0.3) is 0 Å². The van der Waals surface area contributed by atoms with Crippen LogP contribution in [0.25, 0.3) is 11.3 Å². The van der Waals surface area contributed by atoms with Gasteiger partial charge in [-0.15, -0.1) is 0 Å². The molecule has 0 spiro atoms. The summed E-state index contributed by atoms with van der Waals surface area (Å²) in [4.78, 5) is 12.1. The molecule has 0 amide bonds. The number of pyridine rings is 1. The average molecular weight is 288 g/mol. The minimum absolute atomic E-state index is 0. The lowest BCUT2D eigenvalue weighted by molar-refractivity contribution is 0.269. The zero-order chi connectivity index (χ0) is 14.2. The minimum atomic E-state index is -0.404. The summed E-state index contributed by atoms with van der Waals surface area (Å²) in [6.45, 7) is 2.89. The minimum Gasteiger partial charge on any atom is -0.476 e. The summed E-state index contributed by atoms with van der Waals surface area (Å²) in [7, 11) is 0. The van der Waals surface area contributed by atoms with Gasteiger partial charge < -0.3 is 10.1 Å². The molecule has 0 aromatic carbocycles. The normalized spacial score (nSPS) is 26.4. The first kappa shape index (κ1) is 12.6. The lowest BCUT2D eigenvalue weighted by atomic mass is 10.2. The fourth-order valence-corrected chi connectivity index (χ4v) is 3.09. The van der Waals surface area contributed by atoms with E-state index in [9.17, 15) is 4.39 Å². The maximum absolute atomic E-state index is 13.6.